The Morgan fingerprint density at radius 1 is 1.75 bits per heavy atom. The molecular weight excluding hydrogens is 157 g/mol. The van der Waals surface area contributed by atoms with E-state index in [4.69, 9.17) is 23.4 Å². The summed E-state index contributed by atoms with van der Waals surface area (Å²) >= 11 is 0. The fraction of sp³-hybridized carbons (Fsp3) is 0.857. The molecule has 0 aliphatic carbocycles. The lowest BCUT2D eigenvalue weighted by Gasteiger charge is -2.13. The Morgan fingerprint density at radius 2 is 2.42 bits per heavy atom. The molecule has 0 saturated carbocycles. The SMILES string of the molecule is [B][C@H]1CC(CC(N)=O)[C@@H](CO)O1. The second-order valence-electron chi connectivity index (χ2n) is 3.06. The highest BCUT2D eigenvalue weighted by Gasteiger charge is 2.32. The number of aliphatic hydroxyl groups is 1. The molecule has 0 spiro atoms. The van der Waals surface area contributed by atoms with Crippen LogP contribution in [-0.2, 0) is 9.53 Å². The van der Waals surface area contributed by atoms with Gasteiger partial charge in [0, 0.05) is 12.4 Å². The average molecular weight is 169 g/mol. The van der Waals surface area contributed by atoms with Crippen molar-refractivity contribution < 1.29 is 14.6 Å². The van der Waals surface area contributed by atoms with Gasteiger partial charge in [-0.3, -0.25) is 4.79 Å². The van der Waals surface area contributed by atoms with E-state index in [1.165, 1.54) is 0 Å². The highest BCUT2D eigenvalue weighted by atomic mass is 16.5. The van der Waals surface area contributed by atoms with Gasteiger partial charge in [0.15, 0.2) is 0 Å². The second-order valence-corrected chi connectivity index (χ2v) is 3.06. The molecular formula is C7H12BNO3. The van der Waals surface area contributed by atoms with E-state index in [-0.39, 0.29) is 37.0 Å². The molecule has 1 fully saturated rings. The topological polar surface area (TPSA) is 72.6 Å². The lowest BCUT2D eigenvalue weighted by Crippen LogP contribution is -2.25. The number of carbonyl (C=O) groups excluding carboxylic acids is 1. The summed E-state index contributed by atoms with van der Waals surface area (Å²) in [6, 6.07) is -0.369. The number of hydrogen-bond acceptors (Lipinski definition) is 3. The molecule has 2 radical (unpaired) electrons. The fourth-order valence-corrected chi connectivity index (χ4v) is 1.51. The molecule has 3 N–H and O–H groups in total. The van der Waals surface area contributed by atoms with E-state index in [0.717, 1.165) is 0 Å². The number of hydrogen-bond donors (Lipinski definition) is 2. The van der Waals surface area contributed by atoms with E-state index in [0.29, 0.717) is 6.42 Å². The van der Waals surface area contributed by atoms with Crippen LogP contribution in [0, 0.1) is 5.92 Å². The van der Waals surface area contributed by atoms with Crippen LogP contribution in [0.25, 0.3) is 0 Å². The monoisotopic (exact) mass is 169 g/mol. The third kappa shape index (κ3) is 2.22. The van der Waals surface area contributed by atoms with Crippen LogP contribution in [0.3, 0.4) is 0 Å². The Hall–Kier alpha value is -0.545. The lowest BCUT2D eigenvalue weighted by molar-refractivity contribution is -0.119. The van der Waals surface area contributed by atoms with Gasteiger partial charge < -0.3 is 15.6 Å². The van der Waals surface area contributed by atoms with Crippen LogP contribution < -0.4 is 5.73 Å². The van der Waals surface area contributed by atoms with Crippen LogP contribution >= 0.6 is 0 Å². The summed E-state index contributed by atoms with van der Waals surface area (Å²) in [5.74, 6) is -0.404. The van der Waals surface area contributed by atoms with Crippen molar-refractivity contribution in [3.63, 3.8) is 0 Å². The molecule has 3 atom stereocenters. The standard InChI is InChI=1S/C7H12BNO3/c8-6-1-4(2-7(9)11)5(3-10)12-6/h4-6,10H,1-3H2,(H2,9,11)/t4?,5-,6-/m1/s1. The number of amides is 1. The molecule has 1 saturated heterocycles. The van der Waals surface area contributed by atoms with Crippen LogP contribution in [0.5, 0.6) is 0 Å². The zero-order valence-electron chi connectivity index (χ0n) is 6.77. The number of carbonyl (C=O) groups is 1. The molecule has 5 heteroatoms. The fourth-order valence-electron chi connectivity index (χ4n) is 1.51. The summed E-state index contributed by atoms with van der Waals surface area (Å²) in [6.07, 6.45) is 0.500. The summed E-state index contributed by atoms with van der Waals surface area (Å²) in [4.78, 5) is 10.6. The molecule has 1 aliphatic heterocycles. The number of rotatable bonds is 3. The molecule has 4 nitrogen and oxygen atoms in total. The van der Waals surface area contributed by atoms with Gasteiger partial charge in [0.2, 0.25) is 5.91 Å². The largest absolute Gasteiger partial charge is 0.394 e. The van der Waals surface area contributed by atoms with E-state index in [1.807, 2.05) is 0 Å². The maximum atomic E-state index is 10.6. The Kier molecular flexibility index (Phi) is 3.11. The number of aliphatic hydroxyl groups excluding tert-OH is 1. The molecule has 0 aromatic rings. The molecule has 1 aliphatic rings. The highest BCUT2D eigenvalue weighted by molar-refractivity contribution is 6.11. The van der Waals surface area contributed by atoms with Crippen molar-refractivity contribution in [1.29, 1.82) is 0 Å². The average Bonchev–Trinajstić information content (AvgIpc) is 2.29. The lowest BCUT2D eigenvalue weighted by atomic mass is 9.89. The zero-order valence-corrected chi connectivity index (χ0v) is 6.77. The van der Waals surface area contributed by atoms with Crippen LogP contribution in [0.4, 0.5) is 0 Å². The van der Waals surface area contributed by atoms with E-state index in [2.05, 4.69) is 0 Å². The van der Waals surface area contributed by atoms with Gasteiger partial charge in [-0.25, -0.2) is 0 Å². The Labute approximate surface area is 72.5 Å². The van der Waals surface area contributed by atoms with Crippen molar-refractivity contribution in [2.45, 2.75) is 24.9 Å². The predicted molar refractivity (Wildman–Crippen MR) is 43.4 cm³/mol. The van der Waals surface area contributed by atoms with Crippen molar-refractivity contribution in [2.24, 2.45) is 11.7 Å². The molecule has 0 aromatic carbocycles. The first-order valence-corrected chi connectivity index (χ1v) is 3.93. The quantitative estimate of drug-likeness (QED) is 0.518. The second kappa shape index (κ2) is 3.91. The smallest absolute Gasteiger partial charge is 0.217 e. The van der Waals surface area contributed by atoms with Gasteiger partial charge in [0.1, 0.15) is 7.85 Å². The van der Waals surface area contributed by atoms with Crippen LogP contribution in [0.15, 0.2) is 0 Å². The molecule has 1 amide bonds. The van der Waals surface area contributed by atoms with Crippen molar-refractivity contribution in [1.82, 2.24) is 0 Å². The number of nitrogens with two attached hydrogens (primary N) is 1. The minimum atomic E-state index is -0.379. The number of ether oxygens (including phenoxy) is 1. The van der Waals surface area contributed by atoms with E-state index >= 15 is 0 Å². The zero-order chi connectivity index (χ0) is 9.14. The molecule has 0 bridgehead atoms. The van der Waals surface area contributed by atoms with Gasteiger partial charge >= 0.3 is 0 Å². The Bertz CT molecular complexity index is 176. The van der Waals surface area contributed by atoms with Gasteiger partial charge in [0.25, 0.3) is 0 Å². The summed E-state index contributed by atoms with van der Waals surface area (Å²) in [7, 11) is 5.48. The van der Waals surface area contributed by atoms with Gasteiger partial charge in [-0.05, 0) is 12.3 Å². The van der Waals surface area contributed by atoms with E-state index in [1.54, 1.807) is 0 Å². The minimum Gasteiger partial charge on any atom is -0.394 e. The van der Waals surface area contributed by atoms with Crippen molar-refractivity contribution in [3.05, 3.63) is 0 Å². The van der Waals surface area contributed by atoms with Crippen LogP contribution in [0.2, 0.25) is 0 Å². The molecule has 66 valence electrons. The third-order valence-corrected chi connectivity index (χ3v) is 2.05. The summed E-state index contributed by atoms with van der Waals surface area (Å²) < 4.78 is 5.14. The minimum absolute atomic E-state index is 0.0255. The first kappa shape index (κ1) is 9.54. The van der Waals surface area contributed by atoms with Gasteiger partial charge in [-0.1, -0.05) is 0 Å². The van der Waals surface area contributed by atoms with Crippen LogP contribution in [-0.4, -0.2) is 37.6 Å². The van der Waals surface area contributed by atoms with Crippen molar-refractivity contribution >= 4 is 13.8 Å². The Balaban J connectivity index is 2.46. The first-order chi connectivity index (χ1) is 5.63. The molecule has 1 rings (SSSR count). The maximum absolute atomic E-state index is 10.6. The van der Waals surface area contributed by atoms with Gasteiger partial charge in [0.05, 0.1) is 12.7 Å². The van der Waals surface area contributed by atoms with Crippen LogP contribution in [0.1, 0.15) is 12.8 Å². The van der Waals surface area contributed by atoms with E-state index in [9.17, 15) is 4.79 Å². The molecule has 1 heterocycles. The van der Waals surface area contributed by atoms with Crippen molar-refractivity contribution in [3.8, 4) is 0 Å². The van der Waals surface area contributed by atoms with Gasteiger partial charge in [-0.2, -0.15) is 0 Å². The highest BCUT2D eigenvalue weighted by Crippen LogP contribution is 2.27. The summed E-state index contributed by atoms with van der Waals surface area (Å²) in [5, 5.41) is 8.83. The predicted octanol–water partition coefficient (Wildman–Crippen LogP) is -1.25. The first-order valence-electron chi connectivity index (χ1n) is 3.93. The normalized spacial score (nSPS) is 35.2. The van der Waals surface area contributed by atoms with Gasteiger partial charge in [-0.15, -0.1) is 0 Å². The molecule has 1 unspecified atom stereocenters. The number of primary amides is 1. The summed E-state index contributed by atoms with van der Waals surface area (Å²) in [6.45, 7) is -0.106. The molecule has 12 heavy (non-hydrogen) atoms. The van der Waals surface area contributed by atoms with Crippen molar-refractivity contribution in [2.75, 3.05) is 6.61 Å². The third-order valence-electron chi connectivity index (χ3n) is 2.05. The maximum Gasteiger partial charge on any atom is 0.217 e. The Morgan fingerprint density at radius 3 is 2.92 bits per heavy atom. The summed E-state index contributed by atoms with van der Waals surface area (Å²) in [5.41, 5.74) is 5.02. The molecule has 0 aromatic heterocycles. The van der Waals surface area contributed by atoms with E-state index < -0.39 is 0 Å².